The molecule has 0 aliphatic heterocycles. The Morgan fingerprint density at radius 1 is 0.698 bits per heavy atom. The van der Waals surface area contributed by atoms with Crippen LogP contribution in [0.5, 0.6) is 0 Å². The lowest BCUT2D eigenvalue weighted by atomic mass is 9.80. The zero-order valence-corrected chi connectivity index (χ0v) is 25.6. The highest BCUT2D eigenvalue weighted by molar-refractivity contribution is 6.14. The van der Waals surface area contributed by atoms with Gasteiger partial charge in [-0.1, -0.05) is 96.1 Å². The Bertz CT molecular complexity index is 2350. The third kappa shape index (κ3) is 3.51. The van der Waals surface area contributed by atoms with E-state index < -0.39 is 0 Å². The van der Waals surface area contributed by atoms with Gasteiger partial charge in [0.2, 0.25) is 5.43 Å². The molecule has 5 aromatic carbocycles. The molecular weight excluding hydrogens is 526 g/mol. The van der Waals surface area contributed by atoms with E-state index in [1.807, 2.05) is 12.1 Å². The monoisotopic (exact) mass is 561 g/mol. The van der Waals surface area contributed by atoms with Crippen LogP contribution in [-0.2, 0) is 5.41 Å². The minimum absolute atomic E-state index is 0.0340. The highest BCUT2D eigenvalue weighted by Gasteiger charge is 2.38. The summed E-state index contributed by atoms with van der Waals surface area (Å²) in [5.74, 6) is 0.561. The van der Waals surface area contributed by atoms with Crippen molar-refractivity contribution in [1.82, 2.24) is 4.57 Å². The molecule has 0 spiro atoms. The minimum atomic E-state index is -0.127. The number of nitrogens with zero attached hydrogens (tertiary/aromatic N) is 1. The summed E-state index contributed by atoms with van der Waals surface area (Å²) < 4.78 is 8.99. The molecule has 2 aromatic heterocycles. The van der Waals surface area contributed by atoms with Crippen LogP contribution >= 0.6 is 0 Å². The first-order chi connectivity index (χ1) is 20.7. The van der Waals surface area contributed by atoms with Crippen molar-refractivity contribution in [2.45, 2.75) is 58.8 Å². The molecule has 0 saturated carbocycles. The lowest BCUT2D eigenvalue weighted by Crippen LogP contribution is -2.15. The van der Waals surface area contributed by atoms with Crippen molar-refractivity contribution < 1.29 is 4.42 Å². The highest BCUT2D eigenvalue weighted by atomic mass is 16.3. The summed E-state index contributed by atoms with van der Waals surface area (Å²) in [6.07, 6.45) is 0. The molecule has 1 aliphatic carbocycles. The molecule has 0 saturated heterocycles. The normalized spacial score (nSPS) is 14.0. The number of rotatable bonds is 3. The number of hydrogen-bond acceptors (Lipinski definition) is 2. The van der Waals surface area contributed by atoms with Gasteiger partial charge in [0.25, 0.3) is 0 Å². The standard InChI is InChI=1S/C40H35NO2/c1-22(2)24-19-30(23(3)4)39-31(20-24)38(42)29-16-15-25(21-35(29)43-39)41-33-14-10-8-12-28(33)36-34(41)18-17-27-26-11-7-9-13-32(26)40(5,6)37(27)36/h7-23H,1-6H3. The molecule has 43 heavy (non-hydrogen) atoms. The summed E-state index contributed by atoms with van der Waals surface area (Å²) in [6.45, 7) is 13.3. The van der Waals surface area contributed by atoms with E-state index in [0.717, 1.165) is 22.3 Å². The van der Waals surface area contributed by atoms with Gasteiger partial charge in [-0.3, -0.25) is 4.79 Å². The second-order valence-electron chi connectivity index (χ2n) is 13.3. The average molecular weight is 562 g/mol. The molecule has 0 N–H and O–H groups in total. The molecule has 0 radical (unpaired) electrons. The number of benzene rings is 5. The number of fused-ring (bicyclic) bond motifs is 9. The van der Waals surface area contributed by atoms with E-state index >= 15 is 0 Å². The number of aromatic nitrogens is 1. The summed E-state index contributed by atoms with van der Waals surface area (Å²) in [5, 5.41) is 3.81. The van der Waals surface area contributed by atoms with Crippen LogP contribution in [0.4, 0.5) is 0 Å². The first-order valence-electron chi connectivity index (χ1n) is 15.4. The van der Waals surface area contributed by atoms with Crippen LogP contribution in [0.25, 0.3) is 60.6 Å². The van der Waals surface area contributed by atoms with Crippen molar-refractivity contribution in [1.29, 1.82) is 0 Å². The van der Waals surface area contributed by atoms with Gasteiger partial charge in [-0.15, -0.1) is 0 Å². The van der Waals surface area contributed by atoms with E-state index in [1.54, 1.807) is 0 Å². The molecule has 8 rings (SSSR count). The van der Waals surface area contributed by atoms with Gasteiger partial charge in [0, 0.05) is 27.9 Å². The summed E-state index contributed by atoms with van der Waals surface area (Å²) in [4.78, 5) is 13.9. The van der Waals surface area contributed by atoms with E-state index in [-0.39, 0.29) is 16.8 Å². The first kappa shape index (κ1) is 26.0. The van der Waals surface area contributed by atoms with E-state index in [4.69, 9.17) is 4.42 Å². The molecular formula is C40H35NO2. The van der Waals surface area contributed by atoms with Gasteiger partial charge in [0.15, 0.2) is 0 Å². The maximum Gasteiger partial charge on any atom is 0.200 e. The van der Waals surface area contributed by atoms with Gasteiger partial charge >= 0.3 is 0 Å². The molecule has 3 nitrogen and oxygen atoms in total. The summed E-state index contributed by atoms with van der Waals surface area (Å²) in [7, 11) is 0. The second-order valence-corrected chi connectivity index (χ2v) is 13.3. The molecule has 3 heteroatoms. The van der Waals surface area contributed by atoms with Crippen LogP contribution in [-0.4, -0.2) is 4.57 Å². The molecule has 7 aromatic rings. The molecule has 212 valence electrons. The fourth-order valence-corrected chi connectivity index (χ4v) is 7.51. The summed E-state index contributed by atoms with van der Waals surface area (Å²) >= 11 is 0. The van der Waals surface area contributed by atoms with Crippen LogP contribution in [0.2, 0.25) is 0 Å². The van der Waals surface area contributed by atoms with Crippen molar-refractivity contribution in [3.8, 4) is 16.8 Å². The molecule has 0 unspecified atom stereocenters. The smallest absolute Gasteiger partial charge is 0.200 e. The van der Waals surface area contributed by atoms with Gasteiger partial charge in [0.1, 0.15) is 11.2 Å². The Morgan fingerprint density at radius 2 is 1.47 bits per heavy atom. The minimum Gasteiger partial charge on any atom is -0.455 e. The topological polar surface area (TPSA) is 35.1 Å². The Morgan fingerprint density at radius 3 is 2.26 bits per heavy atom. The fraction of sp³-hybridized carbons (Fsp3) is 0.225. The second kappa shape index (κ2) is 8.94. The van der Waals surface area contributed by atoms with Gasteiger partial charge in [0.05, 0.1) is 21.8 Å². The van der Waals surface area contributed by atoms with Crippen molar-refractivity contribution in [3.63, 3.8) is 0 Å². The van der Waals surface area contributed by atoms with Crippen molar-refractivity contribution in [2.75, 3.05) is 0 Å². The first-order valence-corrected chi connectivity index (χ1v) is 15.4. The molecule has 2 heterocycles. The summed E-state index contributed by atoms with van der Waals surface area (Å²) in [5.41, 5.74) is 12.2. The Labute approximate surface area is 251 Å². The third-order valence-electron chi connectivity index (χ3n) is 9.71. The molecule has 0 atom stereocenters. The predicted molar refractivity (Wildman–Crippen MR) is 180 cm³/mol. The molecule has 0 fully saturated rings. The molecule has 0 amide bonds. The molecule has 0 bridgehead atoms. The van der Waals surface area contributed by atoms with Gasteiger partial charge in [-0.25, -0.2) is 0 Å². The van der Waals surface area contributed by atoms with Crippen LogP contribution < -0.4 is 5.43 Å². The van der Waals surface area contributed by atoms with Gasteiger partial charge in [-0.05, 0) is 75.5 Å². The number of hydrogen-bond donors (Lipinski definition) is 0. The lowest BCUT2D eigenvalue weighted by Gasteiger charge is -2.22. The maximum absolute atomic E-state index is 13.9. The van der Waals surface area contributed by atoms with Gasteiger partial charge in [-0.2, -0.15) is 0 Å². The number of para-hydroxylation sites is 1. The van der Waals surface area contributed by atoms with E-state index in [2.05, 4.69) is 125 Å². The van der Waals surface area contributed by atoms with Crippen LogP contribution in [0, 0.1) is 0 Å². The van der Waals surface area contributed by atoms with Crippen LogP contribution in [0.1, 0.15) is 75.6 Å². The Hall–Kier alpha value is -4.63. The Balaban J connectivity index is 1.43. The van der Waals surface area contributed by atoms with E-state index in [0.29, 0.717) is 27.9 Å². The Kier molecular flexibility index (Phi) is 5.41. The predicted octanol–water partition coefficient (Wildman–Crippen LogP) is 10.6. The zero-order valence-electron chi connectivity index (χ0n) is 25.6. The highest BCUT2D eigenvalue weighted by Crippen LogP contribution is 2.53. The lowest BCUT2D eigenvalue weighted by molar-refractivity contribution is 0.647. The third-order valence-corrected chi connectivity index (χ3v) is 9.71. The van der Waals surface area contributed by atoms with E-state index in [1.165, 1.54) is 38.6 Å². The molecule has 1 aliphatic rings. The summed E-state index contributed by atoms with van der Waals surface area (Å²) in [6, 6.07) is 32.3. The average Bonchev–Trinajstić information content (AvgIpc) is 3.45. The van der Waals surface area contributed by atoms with Crippen LogP contribution in [0.3, 0.4) is 0 Å². The quantitative estimate of drug-likeness (QED) is 0.201. The van der Waals surface area contributed by atoms with Crippen molar-refractivity contribution >= 4 is 43.7 Å². The zero-order chi connectivity index (χ0) is 29.8. The van der Waals surface area contributed by atoms with Crippen molar-refractivity contribution in [2.24, 2.45) is 0 Å². The largest absolute Gasteiger partial charge is 0.455 e. The van der Waals surface area contributed by atoms with E-state index in [9.17, 15) is 4.79 Å². The van der Waals surface area contributed by atoms with Crippen LogP contribution in [0.15, 0.2) is 100 Å². The van der Waals surface area contributed by atoms with Gasteiger partial charge < -0.3 is 8.98 Å². The van der Waals surface area contributed by atoms with Crippen molar-refractivity contribution in [3.05, 3.63) is 123 Å². The fourth-order valence-electron chi connectivity index (χ4n) is 7.51. The maximum atomic E-state index is 13.9. The SMILES string of the molecule is CC(C)c1cc(C(C)C)c2oc3cc(-n4c5ccccc5c5c6c(ccc54)-c4ccccc4C6(C)C)ccc3c(=O)c2c1.